The molecular weight excluding hydrogens is 336 g/mol. The van der Waals surface area contributed by atoms with Crippen molar-refractivity contribution in [3.8, 4) is 16.9 Å². The summed E-state index contributed by atoms with van der Waals surface area (Å²) >= 11 is 5.82. The first kappa shape index (κ1) is 15.7. The van der Waals surface area contributed by atoms with Gasteiger partial charge in [0.15, 0.2) is 0 Å². The number of carbonyl (C=O) groups excluding carboxylic acids is 1. The van der Waals surface area contributed by atoms with E-state index in [4.69, 9.17) is 21.1 Å². The van der Waals surface area contributed by atoms with Gasteiger partial charge in [-0.25, -0.2) is 4.79 Å². The number of hydrogen-bond acceptors (Lipinski definition) is 3. The van der Waals surface area contributed by atoms with Crippen molar-refractivity contribution in [2.24, 2.45) is 0 Å². The Hall–Kier alpha value is -2.78. The summed E-state index contributed by atoms with van der Waals surface area (Å²) in [7, 11) is 0. The van der Waals surface area contributed by atoms with Crippen LogP contribution in [-0.4, -0.2) is 12.8 Å². The van der Waals surface area contributed by atoms with Gasteiger partial charge in [0, 0.05) is 10.9 Å². The molecule has 0 unspecified atom stereocenters. The summed E-state index contributed by atoms with van der Waals surface area (Å²) in [5.74, 6) is 0.423. The van der Waals surface area contributed by atoms with Crippen molar-refractivity contribution in [3.05, 3.63) is 88.9 Å². The third kappa shape index (κ3) is 3.11. The highest BCUT2D eigenvalue weighted by Gasteiger charge is 2.29. The molecule has 0 amide bonds. The highest BCUT2D eigenvalue weighted by Crippen LogP contribution is 2.44. The van der Waals surface area contributed by atoms with Gasteiger partial charge in [0.05, 0.1) is 0 Å². The van der Waals surface area contributed by atoms with E-state index < -0.39 is 6.16 Å². The number of fused-ring (bicyclic) bond motifs is 3. The van der Waals surface area contributed by atoms with Gasteiger partial charge in [-0.15, -0.1) is 0 Å². The Morgan fingerprint density at radius 1 is 0.840 bits per heavy atom. The third-order valence-corrected chi connectivity index (χ3v) is 4.60. The minimum absolute atomic E-state index is 0.0187. The van der Waals surface area contributed by atoms with Crippen molar-refractivity contribution in [2.75, 3.05) is 6.61 Å². The predicted molar refractivity (Wildman–Crippen MR) is 97.1 cm³/mol. The molecular formula is C21H15ClO3. The Morgan fingerprint density at radius 3 is 2.00 bits per heavy atom. The molecule has 0 atom stereocenters. The maximum Gasteiger partial charge on any atom is 0.513 e. The Balaban J connectivity index is 1.49. The molecule has 0 radical (unpaired) electrons. The van der Waals surface area contributed by atoms with E-state index in [-0.39, 0.29) is 12.5 Å². The van der Waals surface area contributed by atoms with Gasteiger partial charge < -0.3 is 9.47 Å². The number of rotatable bonds is 3. The van der Waals surface area contributed by atoms with Crippen LogP contribution < -0.4 is 4.74 Å². The molecule has 1 aliphatic rings. The quantitative estimate of drug-likeness (QED) is 0.451. The zero-order valence-corrected chi connectivity index (χ0v) is 14.1. The smallest absolute Gasteiger partial charge is 0.433 e. The second-order valence-corrected chi connectivity index (χ2v) is 6.28. The van der Waals surface area contributed by atoms with E-state index >= 15 is 0 Å². The molecule has 0 fully saturated rings. The SMILES string of the molecule is O=C(OCC1c2ccccc2-c2ccccc21)Oc1ccc(Cl)cc1. The lowest BCUT2D eigenvalue weighted by Crippen LogP contribution is -2.15. The average molecular weight is 351 g/mol. The van der Waals surface area contributed by atoms with E-state index in [2.05, 4.69) is 24.3 Å². The van der Waals surface area contributed by atoms with E-state index in [1.807, 2.05) is 24.3 Å². The van der Waals surface area contributed by atoms with Crippen LogP contribution >= 0.6 is 11.6 Å². The summed E-state index contributed by atoms with van der Waals surface area (Å²) in [5.41, 5.74) is 4.72. The van der Waals surface area contributed by atoms with Crippen molar-refractivity contribution in [1.82, 2.24) is 0 Å². The zero-order chi connectivity index (χ0) is 17.2. The van der Waals surface area contributed by atoms with E-state index in [9.17, 15) is 4.79 Å². The van der Waals surface area contributed by atoms with Crippen molar-refractivity contribution in [3.63, 3.8) is 0 Å². The molecule has 0 saturated carbocycles. The van der Waals surface area contributed by atoms with Crippen LogP contribution in [0.25, 0.3) is 11.1 Å². The molecule has 0 aliphatic heterocycles. The Bertz CT molecular complexity index is 873. The molecule has 4 heteroatoms. The van der Waals surface area contributed by atoms with Crippen molar-refractivity contribution in [2.45, 2.75) is 5.92 Å². The predicted octanol–water partition coefficient (Wildman–Crippen LogP) is 5.67. The second-order valence-electron chi connectivity index (χ2n) is 5.84. The standard InChI is InChI=1S/C21H15ClO3/c22-14-9-11-15(12-10-14)25-21(23)24-13-20-18-7-3-1-5-16(18)17-6-2-4-8-19(17)20/h1-12,20H,13H2. The molecule has 1 aliphatic carbocycles. The van der Waals surface area contributed by atoms with Gasteiger partial charge in [-0.05, 0) is 46.5 Å². The highest BCUT2D eigenvalue weighted by molar-refractivity contribution is 6.30. The molecule has 4 rings (SSSR count). The van der Waals surface area contributed by atoms with Gasteiger partial charge in [0.2, 0.25) is 0 Å². The third-order valence-electron chi connectivity index (χ3n) is 4.35. The first-order chi connectivity index (χ1) is 12.2. The van der Waals surface area contributed by atoms with Crippen LogP contribution in [0.4, 0.5) is 4.79 Å². The molecule has 124 valence electrons. The van der Waals surface area contributed by atoms with Crippen LogP contribution in [0.1, 0.15) is 17.0 Å². The summed E-state index contributed by atoms with van der Waals surface area (Å²) < 4.78 is 10.6. The molecule has 0 N–H and O–H groups in total. The topological polar surface area (TPSA) is 35.5 Å². The Labute approximate surface area is 150 Å². The number of carbonyl (C=O) groups is 1. The zero-order valence-electron chi connectivity index (χ0n) is 13.3. The van der Waals surface area contributed by atoms with Crippen LogP contribution in [0.5, 0.6) is 5.75 Å². The van der Waals surface area contributed by atoms with E-state index in [0.29, 0.717) is 10.8 Å². The second kappa shape index (κ2) is 6.61. The summed E-state index contributed by atoms with van der Waals surface area (Å²) in [6.45, 7) is 0.237. The molecule has 0 saturated heterocycles. The molecule has 3 aromatic rings. The number of halogens is 1. The maximum absolute atomic E-state index is 12.0. The minimum Gasteiger partial charge on any atom is -0.433 e. The van der Waals surface area contributed by atoms with Gasteiger partial charge in [-0.2, -0.15) is 0 Å². The van der Waals surface area contributed by atoms with E-state index in [0.717, 1.165) is 0 Å². The van der Waals surface area contributed by atoms with Gasteiger partial charge >= 0.3 is 6.16 Å². The van der Waals surface area contributed by atoms with Crippen LogP contribution in [0.3, 0.4) is 0 Å². The maximum atomic E-state index is 12.0. The molecule has 3 aromatic carbocycles. The first-order valence-electron chi connectivity index (χ1n) is 8.01. The van der Waals surface area contributed by atoms with E-state index in [1.165, 1.54) is 22.3 Å². The van der Waals surface area contributed by atoms with Crippen LogP contribution in [-0.2, 0) is 4.74 Å². The minimum atomic E-state index is -0.718. The first-order valence-corrected chi connectivity index (χ1v) is 8.38. The van der Waals surface area contributed by atoms with Crippen molar-refractivity contribution >= 4 is 17.8 Å². The van der Waals surface area contributed by atoms with Crippen molar-refractivity contribution in [1.29, 1.82) is 0 Å². The fourth-order valence-corrected chi connectivity index (χ4v) is 3.35. The van der Waals surface area contributed by atoms with Crippen molar-refractivity contribution < 1.29 is 14.3 Å². The summed E-state index contributed by atoms with van der Waals surface area (Å²) in [6.07, 6.45) is -0.718. The Morgan fingerprint density at radius 2 is 1.40 bits per heavy atom. The van der Waals surface area contributed by atoms with Gasteiger partial charge in [0.1, 0.15) is 12.4 Å². The van der Waals surface area contributed by atoms with E-state index in [1.54, 1.807) is 24.3 Å². The van der Waals surface area contributed by atoms with Crippen LogP contribution in [0.15, 0.2) is 72.8 Å². The Kier molecular flexibility index (Phi) is 4.16. The molecule has 25 heavy (non-hydrogen) atoms. The lowest BCUT2D eigenvalue weighted by atomic mass is 9.98. The monoisotopic (exact) mass is 350 g/mol. The average Bonchev–Trinajstić information content (AvgIpc) is 2.96. The number of ether oxygens (including phenoxy) is 2. The summed E-state index contributed by atoms with van der Waals surface area (Å²) in [4.78, 5) is 12.0. The molecule has 0 aromatic heterocycles. The normalized spacial score (nSPS) is 12.4. The number of hydrogen-bond donors (Lipinski definition) is 0. The molecule has 0 heterocycles. The van der Waals surface area contributed by atoms with Gasteiger partial charge in [-0.1, -0.05) is 60.1 Å². The van der Waals surface area contributed by atoms with Gasteiger partial charge in [0.25, 0.3) is 0 Å². The lowest BCUT2D eigenvalue weighted by molar-refractivity contribution is 0.0965. The molecule has 3 nitrogen and oxygen atoms in total. The molecule has 0 bridgehead atoms. The largest absolute Gasteiger partial charge is 0.513 e. The summed E-state index contributed by atoms with van der Waals surface area (Å²) in [6, 6.07) is 23.0. The molecule has 0 spiro atoms. The van der Waals surface area contributed by atoms with Gasteiger partial charge in [-0.3, -0.25) is 0 Å². The lowest BCUT2D eigenvalue weighted by Gasteiger charge is -2.14. The summed E-state index contributed by atoms with van der Waals surface area (Å²) in [5, 5.41) is 0.583. The fourth-order valence-electron chi connectivity index (χ4n) is 3.22. The van der Waals surface area contributed by atoms with Crippen LogP contribution in [0, 0.1) is 0 Å². The van der Waals surface area contributed by atoms with Crippen LogP contribution in [0.2, 0.25) is 5.02 Å². The highest BCUT2D eigenvalue weighted by atomic mass is 35.5. The number of benzene rings is 3. The fraction of sp³-hybridized carbons (Fsp3) is 0.0952.